The van der Waals surface area contributed by atoms with E-state index in [1.165, 1.54) is 30.4 Å². The van der Waals surface area contributed by atoms with Crippen LogP contribution in [0.4, 0.5) is 0 Å². The van der Waals surface area contributed by atoms with Gasteiger partial charge in [0.05, 0.1) is 6.10 Å². The van der Waals surface area contributed by atoms with Gasteiger partial charge in [0.2, 0.25) is 0 Å². The summed E-state index contributed by atoms with van der Waals surface area (Å²) in [6, 6.07) is 5.99. The van der Waals surface area contributed by atoms with Gasteiger partial charge in [0.25, 0.3) is 0 Å². The van der Waals surface area contributed by atoms with Gasteiger partial charge in [-0.1, -0.05) is 18.6 Å². The number of ether oxygens (including phenoxy) is 2. The van der Waals surface area contributed by atoms with Crippen LogP contribution >= 0.6 is 0 Å². The Hall–Kier alpha value is -1.19. The zero-order chi connectivity index (χ0) is 13.8. The lowest BCUT2D eigenvalue weighted by Crippen LogP contribution is -2.24. The topological polar surface area (TPSA) is 35.5 Å². The number of rotatable bonds is 3. The van der Waals surface area contributed by atoms with Crippen LogP contribution in [0.5, 0.6) is 0 Å². The highest BCUT2D eigenvalue weighted by Gasteiger charge is 2.24. The van der Waals surface area contributed by atoms with Gasteiger partial charge >= 0.3 is 0 Å². The molecule has 0 spiro atoms. The summed E-state index contributed by atoms with van der Waals surface area (Å²) >= 11 is 0. The summed E-state index contributed by atoms with van der Waals surface area (Å²) in [6.45, 7) is 0.804. The molecule has 1 fully saturated rings. The number of carbonyl (C=O) groups excluding carboxylic acids is 1. The number of carbonyl (C=O) groups is 1. The van der Waals surface area contributed by atoms with E-state index in [0.29, 0.717) is 0 Å². The zero-order valence-electron chi connectivity index (χ0n) is 11.8. The Morgan fingerprint density at radius 3 is 2.85 bits per heavy atom. The summed E-state index contributed by atoms with van der Waals surface area (Å²) in [4.78, 5) is 11.0. The average molecular weight is 274 g/mol. The monoisotopic (exact) mass is 274 g/mol. The number of hydrogen-bond donors (Lipinski definition) is 0. The quantitative estimate of drug-likeness (QED) is 0.621. The first-order valence-corrected chi connectivity index (χ1v) is 7.72. The molecule has 1 heterocycles. The molecule has 0 N–H and O–H groups in total. The minimum Gasteiger partial charge on any atom is -0.353 e. The van der Waals surface area contributed by atoms with Crippen molar-refractivity contribution in [1.82, 2.24) is 0 Å². The summed E-state index contributed by atoms with van der Waals surface area (Å²) in [5.41, 5.74) is 3.26. The molecular weight excluding hydrogens is 252 g/mol. The fraction of sp³-hybridized carbons (Fsp3) is 0.588. The molecule has 2 unspecified atom stereocenters. The van der Waals surface area contributed by atoms with Crippen molar-refractivity contribution in [2.24, 2.45) is 0 Å². The van der Waals surface area contributed by atoms with Crippen LogP contribution in [0.15, 0.2) is 18.2 Å². The molecule has 3 rings (SSSR count). The molecule has 108 valence electrons. The Kier molecular flexibility index (Phi) is 4.48. The van der Waals surface area contributed by atoms with Crippen molar-refractivity contribution >= 4 is 6.29 Å². The summed E-state index contributed by atoms with van der Waals surface area (Å²) in [5.74, 6) is 0. The van der Waals surface area contributed by atoms with E-state index in [0.717, 1.165) is 44.1 Å². The predicted octanol–water partition coefficient (Wildman–Crippen LogP) is 3.81. The molecule has 0 radical (unpaired) electrons. The highest BCUT2D eigenvalue weighted by Crippen LogP contribution is 2.34. The molecule has 20 heavy (non-hydrogen) atoms. The molecule has 1 aromatic rings. The summed E-state index contributed by atoms with van der Waals surface area (Å²) in [6.07, 6.45) is 8.69. The van der Waals surface area contributed by atoms with Crippen LogP contribution in [0, 0.1) is 0 Å². The van der Waals surface area contributed by atoms with Crippen LogP contribution in [0.25, 0.3) is 0 Å². The fourth-order valence-corrected chi connectivity index (χ4v) is 3.16. The van der Waals surface area contributed by atoms with Crippen molar-refractivity contribution in [1.29, 1.82) is 0 Å². The van der Waals surface area contributed by atoms with Gasteiger partial charge in [-0.15, -0.1) is 0 Å². The lowest BCUT2D eigenvalue weighted by atomic mass is 9.98. The normalized spacial score (nSPS) is 26.6. The average Bonchev–Trinajstić information content (AvgIpc) is 2.70. The number of aryl methyl sites for hydroxylation is 1. The molecule has 3 heteroatoms. The Balaban J connectivity index is 1.81. The van der Waals surface area contributed by atoms with Crippen LogP contribution in [0.3, 0.4) is 0 Å². The van der Waals surface area contributed by atoms with E-state index >= 15 is 0 Å². The van der Waals surface area contributed by atoms with Gasteiger partial charge in [-0.25, -0.2) is 0 Å². The van der Waals surface area contributed by atoms with Crippen molar-refractivity contribution in [2.75, 3.05) is 6.61 Å². The van der Waals surface area contributed by atoms with E-state index in [4.69, 9.17) is 9.47 Å². The third-order valence-corrected chi connectivity index (χ3v) is 4.27. The first-order chi connectivity index (χ1) is 9.86. The van der Waals surface area contributed by atoms with Gasteiger partial charge < -0.3 is 9.47 Å². The van der Waals surface area contributed by atoms with Crippen molar-refractivity contribution < 1.29 is 14.3 Å². The third-order valence-electron chi connectivity index (χ3n) is 4.27. The second kappa shape index (κ2) is 6.51. The van der Waals surface area contributed by atoms with Crippen LogP contribution in [-0.2, 0) is 15.9 Å². The number of hydrogen-bond acceptors (Lipinski definition) is 3. The lowest BCUT2D eigenvalue weighted by molar-refractivity contribution is -0.191. The van der Waals surface area contributed by atoms with E-state index in [1.54, 1.807) is 0 Å². The highest BCUT2D eigenvalue weighted by molar-refractivity contribution is 5.75. The third kappa shape index (κ3) is 3.10. The molecular formula is C17H22O3. The van der Waals surface area contributed by atoms with Crippen LogP contribution < -0.4 is 0 Å². The predicted molar refractivity (Wildman–Crippen MR) is 76.8 cm³/mol. The van der Waals surface area contributed by atoms with Gasteiger partial charge in [0.1, 0.15) is 6.29 Å². The smallest absolute Gasteiger partial charge is 0.158 e. The molecule has 0 amide bonds. The van der Waals surface area contributed by atoms with Crippen molar-refractivity contribution in [3.8, 4) is 0 Å². The summed E-state index contributed by atoms with van der Waals surface area (Å²) in [7, 11) is 0. The lowest BCUT2D eigenvalue weighted by Gasteiger charge is -2.28. The molecule has 3 nitrogen and oxygen atoms in total. The second-order valence-corrected chi connectivity index (χ2v) is 5.74. The van der Waals surface area contributed by atoms with Crippen LogP contribution in [0.2, 0.25) is 0 Å². The fourth-order valence-electron chi connectivity index (χ4n) is 3.16. The number of benzene rings is 1. The van der Waals surface area contributed by atoms with Crippen molar-refractivity contribution in [3.63, 3.8) is 0 Å². The Bertz CT molecular complexity index is 463. The van der Waals surface area contributed by atoms with E-state index in [9.17, 15) is 4.79 Å². The Morgan fingerprint density at radius 1 is 1.15 bits per heavy atom. The molecule has 2 atom stereocenters. The van der Waals surface area contributed by atoms with Crippen LogP contribution in [0.1, 0.15) is 66.1 Å². The van der Waals surface area contributed by atoms with Gasteiger partial charge in [-0.2, -0.15) is 0 Å². The Morgan fingerprint density at radius 2 is 2.05 bits per heavy atom. The van der Waals surface area contributed by atoms with E-state index in [-0.39, 0.29) is 12.4 Å². The molecule has 1 aromatic carbocycles. The molecule has 0 saturated carbocycles. The van der Waals surface area contributed by atoms with Crippen molar-refractivity contribution in [3.05, 3.63) is 34.9 Å². The van der Waals surface area contributed by atoms with Crippen molar-refractivity contribution in [2.45, 2.75) is 57.3 Å². The highest BCUT2D eigenvalue weighted by atomic mass is 16.7. The van der Waals surface area contributed by atoms with E-state index in [1.807, 2.05) is 12.1 Å². The molecule has 1 saturated heterocycles. The number of aldehydes is 1. The zero-order valence-corrected chi connectivity index (χ0v) is 11.8. The first kappa shape index (κ1) is 13.8. The van der Waals surface area contributed by atoms with Gasteiger partial charge in [-0.05, 0) is 55.7 Å². The maximum absolute atomic E-state index is 11.0. The van der Waals surface area contributed by atoms with E-state index < -0.39 is 0 Å². The molecule has 2 aliphatic rings. The SMILES string of the molecule is O=Cc1ccc2c(c1)C(OC1CCCCO1)CCCC2. The largest absolute Gasteiger partial charge is 0.353 e. The van der Waals surface area contributed by atoms with Gasteiger partial charge in [0.15, 0.2) is 6.29 Å². The maximum Gasteiger partial charge on any atom is 0.158 e. The van der Waals surface area contributed by atoms with Gasteiger partial charge in [0, 0.05) is 12.2 Å². The van der Waals surface area contributed by atoms with Crippen LogP contribution in [-0.4, -0.2) is 19.2 Å². The minimum atomic E-state index is -0.0698. The minimum absolute atomic E-state index is 0.0698. The molecule has 1 aliphatic heterocycles. The Labute approximate surface area is 120 Å². The number of fused-ring (bicyclic) bond motifs is 1. The molecule has 1 aliphatic carbocycles. The second-order valence-electron chi connectivity index (χ2n) is 5.74. The standard InChI is InChI=1S/C17H22O3/c18-12-13-8-9-14-5-1-2-6-16(15(14)11-13)20-17-7-3-4-10-19-17/h8-9,11-12,16-17H,1-7,10H2. The summed E-state index contributed by atoms with van der Waals surface area (Å²) < 4.78 is 11.9. The first-order valence-electron chi connectivity index (χ1n) is 7.72. The van der Waals surface area contributed by atoms with E-state index in [2.05, 4.69) is 6.07 Å². The maximum atomic E-state index is 11.0. The van der Waals surface area contributed by atoms with Gasteiger partial charge in [-0.3, -0.25) is 4.79 Å². The summed E-state index contributed by atoms with van der Waals surface area (Å²) in [5, 5.41) is 0. The molecule has 0 bridgehead atoms. The molecule has 0 aromatic heterocycles.